The highest BCUT2D eigenvalue weighted by molar-refractivity contribution is 6.76. The fraction of sp³-hybridized carbons (Fsp3) is 0.417. The molecule has 2 aromatic rings. The van der Waals surface area contributed by atoms with Crippen molar-refractivity contribution in [2.45, 2.75) is 57.7 Å². The van der Waals surface area contributed by atoms with E-state index in [0.717, 1.165) is 6.04 Å². The first kappa shape index (κ1) is 27.0. The molecule has 1 atom stereocenters. The first-order valence-corrected chi connectivity index (χ1v) is 15.5. The predicted octanol–water partition coefficient (Wildman–Crippen LogP) is 4.94. The summed E-state index contributed by atoms with van der Waals surface area (Å²) in [6.45, 7) is 7.56. The summed E-state index contributed by atoms with van der Waals surface area (Å²) in [6.07, 6.45) is 4.06. The van der Waals surface area contributed by atoms with E-state index in [-0.39, 0.29) is 19.1 Å². The van der Waals surface area contributed by atoms with Crippen LogP contribution in [0.5, 0.6) is 0 Å². The van der Waals surface area contributed by atoms with Gasteiger partial charge in [0.1, 0.15) is 12.6 Å². The van der Waals surface area contributed by atoms with Gasteiger partial charge in [0.05, 0.1) is 17.4 Å². The summed E-state index contributed by atoms with van der Waals surface area (Å²) >= 11 is 0. The second kappa shape index (κ2) is 11.9. The van der Waals surface area contributed by atoms with E-state index in [4.69, 9.17) is 14.8 Å². The molecule has 0 aliphatic carbocycles. The molecule has 194 valence electrons. The Kier molecular flexibility index (Phi) is 8.88. The highest BCUT2D eigenvalue weighted by atomic mass is 28.3. The molecule has 0 fully saturated rings. The molecule has 0 radical (unpaired) electrons. The van der Waals surface area contributed by atoms with Crippen LogP contribution in [0.3, 0.4) is 0 Å². The number of hydrogen-bond donors (Lipinski definition) is 5. The quantitative estimate of drug-likeness (QED) is 0.199. The van der Waals surface area contributed by atoms with Crippen molar-refractivity contribution in [2.75, 3.05) is 17.2 Å². The monoisotopic (exact) mass is 515 g/mol. The Morgan fingerprint density at radius 3 is 2.69 bits per heavy atom. The standard InChI is InChI=1S/C24H33N5O6Si/c1-36(2,3)12-11-35-15-29-14-20-17-10-9-16(25-23(31)32)13-19(17)26-21(30)8-6-4-5-7-18(22(29)27-20)28-24(33)34/h4-5,9-10,13-14,18,25,28H,6-8,11-12,15H2,1-3H3,(H,26,30)(H,31,32)(H,33,34)/b5-4+/t18-/m0/s1. The van der Waals surface area contributed by atoms with Gasteiger partial charge in [-0.15, -0.1) is 0 Å². The molecule has 0 saturated heterocycles. The maximum Gasteiger partial charge on any atom is 0.409 e. The number of allylic oxidation sites excluding steroid dienone is 1. The summed E-state index contributed by atoms with van der Waals surface area (Å²) in [5.41, 5.74) is 1.76. The molecular formula is C24H33N5O6Si. The molecule has 12 heteroatoms. The summed E-state index contributed by atoms with van der Waals surface area (Å²) in [6, 6.07) is 5.13. The van der Waals surface area contributed by atoms with Crippen LogP contribution in [0.15, 0.2) is 36.5 Å². The van der Waals surface area contributed by atoms with Crippen LogP contribution in [0.1, 0.15) is 31.1 Å². The van der Waals surface area contributed by atoms with Crippen molar-refractivity contribution in [3.63, 3.8) is 0 Å². The maximum atomic E-state index is 12.6. The lowest BCUT2D eigenvalue weighted by atomic mass is 10.1. The van der Waals surface area contributed by atoms with Gasteiger partial charge in [0.2, 0.25) is 5.91 Å². The molecule has 2 heterocycles. The first-order chi connectivity index (χ1) is 17.0. The molecule has 0 unspecified atom stereocenters. The van der Waals surface area contributed by atoms with Crippen LogP contribution >= 0.6 is 0 Å². The highest BCUT2D eigenvalue weighted by Gasteiger charge is 2.23. The van der Waals surface area contributed by atoms with Crippen LogP contribution in [-0.2, 0) is 16.3 Å². The number of nitrogens with zero attached hydrogens (tertiary/aromatic N) is 2. The van der Waals surface area contributed by atoms with Crippen LogP contribution < -0.4 is 16.0 Å². The summed E-state index contributed by atoms with van der Waals surface area (Å²) < 4.78 is 7.71. The Balaban J connectivity index is 2.05. The number of carbonyl (C=O) groups excluding carboxylic acids is 1. The third-order valence-electron chi connectivity index (χ3n) is 5.54. The Morgan fingerprint density at radius 1 is 1.22 bits per heavy atom. The average molecular weight is 516 g/mol. The Morgan fingerprint density at radius 2 is 2.00 bits per heavy atom. The maximum absolute atomic E-state index is 12.6. The topological polar surface area (TPSA) is 155 Å². The number of hydrogen-bond acceptors (Lipinski definition) is 5. The van der Waals surface area contributed by atoms with E-state index in [2.05, 4.69) is 35.6 Å². The zero-order chi connectivity index (χ0) is 26.3. The number of fused-ring (bicyclic) bond motifs is 4. The first-order valence-electron chi connectivity index (χ1n) is 11.8. The summed E-state index contributed by atoms with van der Waals surface area (Å²) in [5, 5.41) is 26.2. The van der Waals surface area contributed by atoms with Crippen LogP contribution in [-0.4, -0.2) is 52.5 Å². The van der Waals surface area contributed by atoms with Crippen molar-refractivity contribution in [2.24, 2.45) is 0 Å². The van der Waals surface area contributed by atoms with Gasteiger partial charge in [-0.25, -0.2) is 14.6 Å². The fourth-order valence-electron chi connectivity index (χ4n) is 3.71. The van der Waals surface area contributed by atoms with Crippen LogP contribution in [0.4, 0.5) is 21.0 Å². The minimum absolute atomic E-state index is 0.189. The Labute approximate surface area is 210 Å². The van der Waals surface area contributed by atoms with E-state index in [1.54, 1.807) is 22.9 Å². The van der Waals surface area contributed by atoms with Gasteiger partial charge in [0, 0.05) is 38.5 Å². The van der Waals surface area contributed by atoms with E-state index >= 15 is 0 Å². The van der Waals surface area contributed by atoms with Crippen LogP contribution in [0.25, 0.3) is 11.3 Å². The average Bonchev–Trinajstić information content (AvgIpc) is 3.18. The minimum Gasteiger partial charge on any atom is -0.465 e. The molecule has 36 heavy (non-hydrogen) atoms. The van der Waals surface area contributed by atoms with E-state index in [1.165, 1.54) is 6.07 Å². The van der Waals surface area contributed by atoms with E-state index < -0.39 is 26.3 Å². The lowest BCUT2D eigenvalue weighted by Gasteiger charge is -2.18. The number of carbonyl (C=O) groups is 3. The van der Waals surface area contributed by atoms with Gasteiger partial charge in [-0.3, -0.25) is 10.1 Å². The van der Waals surface area contributed by atoms with Gasteiger partial charge in [-0.2, -0.15) is 0 Å². The van der Waals surface area contributed by atoms with Crippen LogP contribution in [0, 0.1) is 0 Å². The molecule has 3 rings (SSSR count). The number of rotatable bonds is 7. The van der Waals surface area contributed by atoms with E-state index in [9.17, 15) is 19.5 Å². The molecule has 3 amide bonds. The SMILES string of the molecule is C[Si](C)(C)CCOCn1cc2nc1[C@@H](NC(=O)O)C/C=C/CCC(=O)Nc1cc(NC(=O)O)ccc1-2. The smallest absolute Gasteiger partial charge is 0.409 e. The predicted molar refractivity (Wildman–Crippen MR) is 139 cm³/mol. The lowest BCUT2D eigenvalue weighted by Crippen LogP contribution is -2.29. The zero-order valence-corrected chi connectivity index (χ0v) is 21.7. The summed E-state index contributed by atoms with van der Waals surface area (Å²) in [7, 11) is -1.29. The van der Waals surface area contributed by atoms with Gasteiger partial charge < -0.3 is 30.2 Å². The van der Waals surface area contributed by atoms with Crippen molar-refractivity contribution in [1.82, 2.24) is 14.9 Å². The van der Waals surface area contributed by atoms with Crippen molar-refractivity contribution < 1.29 is 29.3 Å². The number of imidazole rings is 1. The number of amides is 3. The van der Waals surface area contributed by atoms with E-state index in [0.29, 0.717) is 47.9 Å². The molecule has 1 aliphatic heterocycles. The number of benzene rings is 1. The molecule has 1 aromatic heterocycles. The van der Waals surface area contributed by atoms with Crippen molar-refractivity contribution in [3.8, 4) is 11.3 Å². The lowest BCUT2D eigenvalue weighted by molar-refractivity contribution is -0.116. The highest BCUT2D eigenvalue weighted by Crippen LogP contribution is 2.32. The third-order valence-corrected chi connectivity index (χ3v) is 7.25. The van der Waals surface area contributed by atoms with Gasteiger partial charge in [0.25, 0.3) is 0 Å². The Hall–Kier alpha value is -3.64. The van der Waals surface area contributed by atoms with Gasteiger partial charge >= 0.3 is 12.2 Å². The molecule has 5 N–H and O–H groups in total. The second-order valence-electron chi connectivity index (χ2n) is 9.79. The van der Waals surface area contributed by atoms with Crippen molar-refractivity contribution >= 4 is 37.5 Å². The molecule has 11 nitrogen and oxygen atoms in total. The Bertz CT molecular complexity index is 1140. The molecule has 1 aromatic carbocycles. The zero-order valence-electron chi connectivity index (χ0n) is 20.7. The molecule has 0 spiro atoms. The number of aromatic nitrogens is 2. The van der Waals surface area contributed by atoms with Crippen LogP contribution in [0.2, 0.25) is 25.7 Å². The normalized spacial score (nSPS) is 17.0. The number of anilines is 2. The number of ether oxygens (including phenoxy) is 1. The van der Waals surface area contributed by atoms with Gasteiger partial charge in [-0.1, -0.05) is 31.8 Å². The fourth-order valence-corrected chi connectivity index (χ4v) is 4.47. The number of nitrogens with one attached hydrogen (secondary N) is 3. The minimum atomic E-state index is -1.29. The van der Waals surface area contributed by atoms with Gasteiger partial charge in [-0.05, 0) is 37.1 Å². The second-order valence-corrected chi connectivity index (χ2v) is 15.4. The molecular weight excluding hydrogens is 482 g/mol. The van der Waals surface area contributed by atoms with Crippen molar-refractivity contribution in [1.29, 1.82) is 0 Å². The largest absolute Gasteiger partial charge is 0.465 e. The van der Waals surface area contributed by atoms with E-state index in [1.807, 2.05) is 12.2 Å². The summed E-state index contributed by atoms with van der Waals surface area (Å²) in [5.74, 6) is 0.247. The molecule has 0 saturated carbocycles. The molecule has 2 bridgehead atoms. The molecule has 1 aliphatic rings. The number of carboxylic acid groups (broad SMARTS) is 2. The third kappa shape index (κ3) is 7.95. The van der Waals surface area contributed by atoms with Gasteiger partial charge in [0.15, 0.2) is 0 Å². The van der Waals surface area contributed by atoms with Crippen molar-refractivity contribution in [3.05, 3.63) is 42.4 Å². The summed E-state index contributed by atoms with van der Waals surface area (Å²) in [4.78, 5) is 40.0.